The maximum Gasteiger partial charge on any atom is 0.278 e. The summed E-state index contributed by atoms with van der Waals surface area (Å²) in [5.41, 5.74) is 1.25. The average Bonchev–Trinajstić information content (AvgIpc) is 2.64. The zero-order valence-electron chi connectivity index (χ0n) is 14.0. The molecule has 0 saturated carbocycles. The lowest BCUT2D eigenvalue weighted by Gasteiger charge is -2.17. The number of nitrogens with zero attached hydrogens (tertiary/aromatic N) is 4. The third-order valence-corrected chi connectivity index (χ3v) is 4.66. The number of aromatic nitrogens is 3. The third-order valence-electron chi connectivity index (χ3n) is 3.92. The molecule has 0 spiro atoms. The molecule has 25 heavy (non-hydrogen) atoms. The Bertz CT molecular complexity index is 953. The van der Waals surface area contributed by atoms with E-state index in [-0.39, 0.29) is 18.0 Å². The minimum atomic E-state index is -0.309. The van der Waals surface area contributed by atoms with Gasteiger partial charge in [-0.1, -0.05) is 29.5 Å². The van der Waals surface area contributed by atoms with Gasteiger partial charge in [-0.2, -0.15) is 0 Å². The van der Waals surface area contributed by atoms with Gasteiger partial charge in [-0.15, -0.1) is 16.9 Å². The van der Waals surface area contributed by atoms with E-state index in [1.807, 2.05) is 30.5 Å². The summed E-state index contributed by atoms with van der Waals surface area (Å²) < 4.78 is 1.11. The fourth-order valence-electron chi connectivity index (χ4n) is 2.47. The Hall–Kier alpha value is -2.67. The molecule has 1 heterocycles. The Kier molecular flexibility index (Phi) is 5.14. The molecule has 0 aliphatic heterocycles. The van der Waals surface area contributed by atoms with E-state index < -0.39 is 0 Å². The van der Waals surface area contributed by atoms with E-state index in [0.29, 0.717) is 17.4 Å². The summed E-state index contributed by atoms with van der Waals surface area (Å²) in [5.74, 6) is -0.194. The Balaban J connectivity index is 1.72. The van der Waals surface area contributed by atoms with Gasteiger partial charge in [0.1, 0.15) is 12.1 Å². The van der Waals surface area contributed by atoms with Gasteiger partial charge < -0.3 is 4.90 Å². The number of fused-ring (bicyclic) bond motifs is 1. The van der Waals surface area contributed by atoms with Crippen LogP contribution in [-0.4, -0.2) is 39.1 Å². The van der Waals surface area contributed by atoms with Crippen LogP contribution in [-0.2, 0) is 17.9 Å². The van der Waals surface area contributed by atoms with Crippen LogP contribution >= 0.6 is 11.8 Å². The fraction of sp³-hybridized carbons (Fsp3) is 0.222. The summed E-state index contributed by atoms with van der Waals surface area (Å²) in [4.78, 5) is 27.6. The standard InChI is InChI=1S/C18H18N4O2S/c1-21(11-13-7-9-14(25-2)10-8-13)17(23)12-22-18(24)15-5-3-4-6-16(15)19-20-22/h3-10H,11-12H2,1-2H3. The van der Waals surface area contributed by atoms with Crippen molar-refractivity contribution in [1.29, 1.82) is 0 Å². The number of hydrogen-bond donors (Lipinski definition) is 0. The SMILES string of the molecule is CSc1ccc(CN(C)C(=O)Cn2nnc3ccccc3c2=O)cc1. The normalized spacial score (nSPS) is 10.8. The lowest BCUT2D eigenvalue weighted by molar-refractivity contribution is -0.131. The minimum absolute atomic E-state index is 0.129. The first-order valence-electron chi connectivity index (χ1n) is 7.78. The van der Waals surface area contributed by atoms with Gasteiger partial charge in [0.05, 0.1) is 5.39 Å². The molecule has 7 heteroatoms. The van der Waals surface area contributed by atoms with Crippen molar-refractivity contribution in [1.82, 2.24) is 19.9 Å². The maximum atomic E-state index is 12.4. The second-order valence-corrected chi connectivity index (χ2v) is 6.55. The van der Waals surface area contributed by atoms with Crippen molar-refractivity contribution in [3.63, 3.8) is 0 Å². The predicted molar refractivity (Wildman–Crippen MR) is 98.5 cm³/mol. The van der Waals surface area contributed by atoms with Crippen molar-refractivity contribution in [3.05, 3.63) is 64.4 Å². The molecule has 0 atom stereocenters. The summed E-state index contributed by atoms with van der Waals surface area (Å²) in [6.45, 7) is 0.347. The second kappa shape index (κ2) is 7.48. The van der Waals surface area contributed by atoms with E-state index in [9.17, 15) is 9.59 Å². The predicted octanol–water partition coefficient (Wildman–Crippen LogP) is 2.17. The van der Waals surface area contributed by atoms with Gasteiger partial charge in [0.15, 0.2) is 0 Å². The van der Waals surface area contributed by atoms with E-state index in [2.05, 4.69) is 10.3 Å². The number of rotatable bonds is 5. The lowest BCUT2D eigenvalue weighted by Crippen LogP contribution is -2.35. The Morgan fingerprint density at radius 1 is 1.16 bits per heavy atom. The minimum Gasteiger partial charge on any atom is -0.340 e. The van der Waals surface area contributed by atoms with Crippen molar-refractivity contribution < 1.29 is 4.79 Å². The Morgan fingerprint density at radius 2 is 1.88 bits per heavy atom. The topological polar surface area (TPSA) is 68.1 Å². The van der Waals surface area contributed by atoms with Crippen LogP contribution in [0.25, 0.3) is 10.9 Å². The van der Waals surface area contributed by atoms with Gasteiger partial charge in [-0.05, 0) is 36.1 Å². The number of benzene rings is 2. The van der Waals surface area contributed by atoms with Gasteiger partial charge in [0.2, 0.25) is 5.91 Å². The van der Waals surface area contributed by atoms with Gasteiger partial charge in [0, 0.05) is 18.5 Å². The molecule has 0 N–H and O–H groups in total. The molecule has 1 aromatic heterocycles. The summed E-state index contributed by atoms with van der Waals surface area (Å²) >= 11 is 1.67. The van der Waals surface area contributed by atoms with E-state index in [1.54, 1.807) is 48.0 Å². The molecule has 2 aromatic carbocycles. The summed E-state index contributed by atoms with van der Waals surface area (Å²) in [6.07, 6.45) is 2.02. The fourth-order valence-corrected chi connectivity index (χ4v) is 2.88. The van der Waals surface area contributed by atoms with E-state index in [0.717, 1.165) is 10.2 Å². The molecule has 1 amide bonds. The summed E-state index contributed by atoms with van der Waals surface area (Å²) in [5, 5.41) is 8.32. The van der Waals surface area contributed by atoms with Crippen LogP contribution < -0.4 is 5.56 Å². The second-order valence-electron chi connectivity index (χ2n) is 5.67. The maximum absolute atomic E-state index is 12.4. The van der Waals surface area contributed by atoms with Crippen LogP contribution in [0.5, 0.6) is 0 Å². The highest BCUT2D eigenvalue weighted by Crippen LogP contribution is 2.15. The quantitative estimate of drug-likeness (QED) is 0.657. The van der Waals surface area contributed by atoms with Crippen molar-refractivity contribution in [2.24, 2.45) is 0 Å². The molecule has 0 saturated heterocycles. The zero-order chi connectivity index (χ0) is 17.8. The number of amides is 1. The third kappa shape index (κ3) is 3.88. The van der Waals surface area contributed by atoms with E-state index in [1.165, 1.54) is 4.90 Å². The van der Waals surface area contributed by atoms with Crippen molar-refractivity contribution in [3.8, 4) is 0 Å². The van der Waals surface area contributed by atoms with Crippen LogP contribution in [0, 0.1) is 0 Å². The molecule has 0 aliphatic carbocycles. The molecule has 0 unspecified atom stereocenters. The van der Waals surface area contributed by atoms with Crippen molar-refractivity contribution in [2.75, 3.05) is 13.3 Å². The number of hydrogen-bond acceptors (Lipinski definition) is 5. The smallest absolute Gasteiger partial charge is 0.278 e. The van der Waals surface area contributed by atoms with Crippen LogP contribution in [0.15, 0.2) is 58.2 Å². The molecule has 6 nitrogen and oxygen atoms in total. The highest BCUT2D eigenvalue weighted by Gasteiger charge is 2.13. The number of carbonyl (C=O) groups excluding carboxylic acids is 1. The Morgan fingerprint density at radius 3 is 2.60 bits per heavy atom. The van der Waals surface area contributed by atoms with E-state index in [4.69, 9.17) is 0 Å². The van der Waals surface area contributed by atoms with Crippen molar-refractivity contribution in [2.45, 2.75) is 18.0 Å². The van der Waals surface area contributed by atoms with Crippen LogP contribution in [0.4, 0.5) is 0 Å². The largest absolute Gasteiger partial charge is 0.340 e. The summed E-state index contributed by atoms with van der Waals surface area (Å²) in [7, 11) is 1.71. The first-order chi connectivity index (χ1) is 12.1. The molecule has 3 rings (SSSR count). The van der Waals surface area contributed by atoms with Gasteiger partial charge in [0.25, 0.3) is 5.56 Å². The van der Waals surface area contributed by atoms with Crippen LogP contribution in [0.1, 0.15) is 5.56 Å². The van der Waals surface area contributed by atoms with Gasteiger partial charge >= 0.3 is 0 Å². The van der Waals surface area contributed by atoms with Crippen LogP contribution in [0.3, 0.4) is 0 Å². The first kappa shape index (κ1) is 17.2. The molecular weight excluding hydrogens is 336 g/mol. The molecule has 0 aliphatic rings. The molecular formula is C18H18N4O2S. The summed E-state index contributed by atoms with van der Waals surface area (Å²) in [6, 6.07) is 15.0. The molecule has 0 bridgehead atoms. The zero-order valence-corrected chi connectivity index (χ0v) is 14.9. The van der Waals surface area contributed by atoms with Crippen molar-refractivity contribution >= 4 is 28.6 Å². The van der Waals surface area contributed by atoms with Crippen LogP contribution in [0.2, 0.25) is 0 Å². The monoisotopic (exact) mass is 354 g/mol. The first-order valence-corrected chi connectivity index (χ1v) is 9.00. The number of carbonyl (C=O) groups is 1. The average molecular weight is 354 g/mol. The lowest BCUT2D eigenvalue weighted by atomic mass is 10.2. The Labute approximate surface area is 149 Å². The molecule has 0 fully saturated rings. The highest BCUT2D eigenvalue weighted by molar-refractivity contribution is 7.98. The number of likely N-dealkylation sites (N-methyl/N-ethyl adjacent to an activating group) is 1. The number of thioether (sulfide) groups is 1. The molecule has 3 aromatic rings. The molecule has 128 valence electrons. The van der Waals surface area contributed by atoms with E-state index >= 15 is 0 Å². The van der Waals surface area contributed by atoms with Gasteiger partial charge in [-0.25, -0.2) is 4.68 Å². The molecule has 0 radical (unpaired) electrons. The van der Waals surface area contributed by atoms with Gasteiger partial charge in [-0.3, -0.25) is 9.59 Å². The highest BCUT2D eigenvalue weighted by atomic mass is 32.2.